The molecule has 3 aromatic rings. The highest BCUT2D eigenvalue weighted by atomic mass is 19.1. The summed E-state index contributed by atoms with van der Waals surface area (Å²) in [4.78, 5) is 41.0. The normalized spacial score (nSPS) is 15.2. The SMILES string of the molecule is CN(CC(=O)Nc1ccc(F)cc1)C(=O)C1CCN(c2cnn(Cc3ccccc3)c(=O)c2)C1. The Morgan fingerprint density at radius 2 is 1.88 bits per heavy atom. The van der Waals surface area contributed by atoms with Crippen molar-refractivity contribution in [1.82, 2.24) is 14.7 Å². The zero-order chi connectivity index (χ0) is 24.1. The molecule has 2 amide bonds. The van der Waals surface area contributed by atoms with Gasteiger partial charge in [0.2, 0.25) is 11.8 Å². The maximum atomic E-state index is 13.0. The molecule has 1 fully saturated rings. The second-order valence-corrected chi connectivity index (χ2v) is 8.38. The maximum absolute atomic E-state index is 13.0. The Kier molecular flexibility index (Phi) is 7.01. The standard InChI is InChI=1S/C25H26FN5O3/c1-29(17-23(32)28-21-9-7-20(26)8-10-21)25(34)19-11-12-30(16-19)22-13-24(33)31(27-14-22)15-18-5-3-2-4-6-18/h2-10,13-14,19H,11-12,15-17H2,1H3,(H,28,32). The minimum atomic E-state index is -0.389. The number of nitrogens with zero attached hydrogens (tertiary/aromatic N) is 4. The van der Waals surface area contributed by atoms with E-state index < -0.39 is 0 Å². The van der Waals surface area contributed by atoms with Crippen molar-refractivity contribution in [3.8, 4) is 0 Å². The van der Waals surface area contributed by atoms with Crippen molar-refractivity contribution in [3.63, 3.8) is 0 Å². The Hall–Kier alpha value is -4.01. The van der Waals surface area contributed by atoms with Gasteiger partial charge in [-0.05, 0) is 36.2 Å². The smallest absolute Gasteiger partial charge is 0.269 e. The molecule has 0 bridgehead atoms. The summed E-state index contributed by atoms with van der Waals surface area (Å²) >= 11 is 0. The van der Waals surface area contributed by atoms with Gasteiger partial charge in [-0.2, -0.15) is 5.10 Å². The van der Waals surface area contributed by atoms with Crippen molar-refractivity contribution in [3.05, 3.63) is 88.6 Å². The Morgan fingerprint density at radius 1 is 1.15 bits per heavy atom. The van der Waals surface area contributed by atoms with E-state index >= 15 is 0 Å². The largest absolute Gasteiger partial charge is 0.369 e. The first-order valence-electron chi connectivity index (χ1n) is 11.1. The van der Waals surface area contributed by atoms with Crippen molar-refractivity contribution in [1.29, 1.82) is 0 Å². The lowest BCUT2D eigenvalue weighted by atomic mass is 10.1. The molecule has 0 spiro atoms. The first kappa shape index (κ1) is 23.2. The monoisotopic (exact) mass is 463 g/mol. The van der Waals surface area contributed by atoms with Gasteiger partial charge in [0.15, 0.2) is 0 Å². The quantitative estimate of drug-likeness (QED) is 0.581. The molecule has 1 aromatic heterocycles. The summed E-state index contributed by atoms with van der Waals surface area (Å²) in [5, 5.41) is 6.95. The number of aromatic nitrogens is 2. The molecule has 1 N–H and O–H groups in total. The Balaban J connectivity index is 1.32. The minimum absolute atomic E-state index is 0.107. The second kappa shape index (κ2) is 10.3. The fourth-order valence-corrected chi connectivity index (χ4v) is 4.01. The van der Waals surface area contributed by atoms with Crippen LogP contribution in [0.2, 0.25) is 0 Å². The van der Waals surface area contributed by atoms with Crippen molar-refractivity contribution in [2.75, 3.05) is 36.9 Å². The Labute approximate surface area is 196 Å². The van der Waals surface area contributed by atoms with Gasteiger partial charge in [-0.25, -0.2) is 9.07 Å². The lowest BCUT2D eigenvalue weighted by molar-refractivity contribution is -0.136. The molecule has 2 aromatic carbocycles. The van der Waals surface area contributed by atoms with E-state index in [1.807, 2.05) is 35.2 Å². The lowest BCUT2D eigenvalue weighted by Gasteiger charge is -2.22. The second-order valence-electron chi connectivity index (χ2n) is 8.38. The van der Waals surface area contributed by atoms with E-state index in [4.69, 9.17) is 0 Å². The number of hydrogen-bond acceptors (Lipinski definition) is 5. The number of rotatable bonds is 7. The molecule has 176 valence electrons. The van der Waals surface area contributed by atoms with E-state index in [9.17, 15) is 18.8 Å². The number of halogens is 1. The zero-order valence-corrected chi connectivity index (χ0v) is 18.9. The third kappa shape index (κ3) is 5.67. The van der Waals surface area contributed by atoms with Gasteiger partial charge in [-0.1, -0.05) is 30.3 Å². The molecule has 34 heavy (non-hydrogen) atoms. The van der Waals surface area contributed by atoms with Crippen LogP contribution in [0.4, 0.5) is 15.8 Å². The Morgan fingerprint density at radius 3 is 2.59 bits per heavy atom. The summed E-state index contributed by atoms with van der Waals surface area (Å²) in [5.41, 5.74) is 1.93. The molecule has 1 unspecified atom stereocenters. The molecule has 1 atom stereocenters. The highest BCUT2D eigenvalue weighted by molar-refractivity contribution is 5.94. The predicted octanol–water partition coefficient (Wildman–Crippen LogP) is 2.35. The predicted molar refractivity (Wildman–Crippen MR) is 127 cm³/mol. The number of anilines is 2. The average Bonchev–Trinajstić information content (AvgIpc) is 3.32. The third-order valence-corrected chi connectivity index (χ3v) is 5.82. The summed E-state index contributed by atoms with van der Waals surface area (Å²) in [5.74, 6) is -1.17. The van der Waals surface area contributed by atoms with Gasteiger partial charge in [-0.15, -0.1) is 0 Å². The number of carbonyl (C=O) groups is 2. The van der Waals surface area contributed by atoms with E-state index in [0.717, 1.165) is 5.56 Å². The summed E-state index contributed by atoms with van der Waals surface area (Å²) in [6, 6.07) is 16.6. The van der Waals surface area contributed by atoms with Crippen LogP contribution in [-0.2, 0) is 16.1 Å². The molecular formula is C25H26FN5O3. The minimum Gasteiger partial charge on any atom is -0.369 e. The molecule has 1 aliphatic heterocycles. The fourth-order valence-electron chi connectivity index (χ4n) is 4.01. The van der Waals surface area contributed by atoms with E-state index in [-0.39, 0.29) is 35.7 Å². The summed E-state index contributed by atoms with van der Waals surface area (Å²) < 4.78 is 14.4. The molecule has 8 nitrogen and oxygen atoms in total. The number of likely N-dealkylation sites (N-methyl/N-ethyl adjacent to an activating group) is 1. The molecule has 1 saturated heterocycles. The highest BCUT2D eigenvalue weighted by Crippen LogP contribution is 2.23. The van der Waals surface area contributed by atoms with Gasteiger partial charge in [0.1, 0.15) is 5.82 Å². The van der Waals surface area contributed by atoms with Crippen LogP contribution in [-0.4, -0.2) is 53.2 Å². The molecule has 4 rings (SSSR count). The maximum Gasteiger partial charge on any atom is 0.269 e. The number of nitrogens with one attached hydrogen (secondary N) is 1. The van der Waals surface area contributed by atoms with Gasteiger partial charge in [0.25, 0.3) is 5.56 Å². The van der Waals surface area contributed by atoms with Crippen LogP contribution in [0.25, 0.3) is 0 Å². The summed E-state index contributed by atoms with van der Waals surface area (Å²) in [7, 11) is 1.58. The summed E-state index contributed by atoms with van der Waals surface area (Å²) in [6.07, 6.45) is 2.27. The third-order valence-electron chi connectivity index (χ3n) is 5.82. The van der Waals surface area contributed by atoms with E-state index in [0.29, 0.717) is 37.4 Å². The van der Waals surface area contributed by atoms with Crippen LogP contribution < -0.4 is 15.8 Å². The fraction of sp³-hybridized carbons (Fsp3) is 0.280. The molecule has 0 radical (unpaired) electrons. The van der Waals surface area contributed by atoms with Crippen molar-refractivity contribution >= 4 is 23.2 Å². The van der Waals surface area contributed by atoms with Crippen LogP contribution in [0.5, 0.6) is 0 Å². The first-order chi connectivity index (χ1) is 16.4. The molecule has 2 heterocycles. The lowest BCUT2D eigenvalue weighted by Crippen LogP contribution is -2.39. The highest BCUT2D eigenvalue weighted by Gasteiger charge is 2.31. The molecule has 0 aliphatic carbocycles. The van der Waals surface area contributed by atoms with Crippen LogP contribution in [0.1, 0.15) is 12.0 Å². The van der Waals surface area contributed by atoms with E-state index in [1.54, 1.807) is 19.3 Å². The molecule has 0 saturated carbocycles. The van der Waals surface area contributed by atoms with Crippen molar-refractivity contribution in [2.24, 2.45) is 5.92 Å². The van der Waals surface area contributed by atoms with E-state index in [2.05, 4.69) is 10.4 Å². The zero-order valence-electron chi connectivity index (χ0n) is 18.9. The van der Waals surface area contributed by atoms with Crippen LogP contribution in [0.3, 0.4) is 0 Å². The molecular weight excluding hydrogens is 437 g/mol. The van der Waals surface area contributed by atoms with Crippen molar-refractivity contribution < 1.29 is 14.0 Å². The van der Waals surface area contributed by atoms with Crippen LogP contribution in [0.15, 0.2) is 71.7 Å². The van der Waals surface area contributed by atoms with Gasteiger partial charge >= 0.3 is 0 Å². The summed E-state index contributed by atoms with van der Waals surface area (Å²) in [6.45, 7) is 1.36. The topological polar surface area (TPSA) is 87.5 Å². The van der Waals surface area contributed by atoms with Crippen LogP contribution in [0, 0.1) is 11.7 Å². The first-order valence-corrected chi connectivity index (χ1v) is 11.1. The Bertz CT molecular complexity index is 1210. The van der Waals surface area contributed by atoms with Crippen LogP contribution >= 0.6 is 0 Å². The number of hydrogen-bond donors (Lipinski definition) is 1. The number of carbonyl (C=O) groups excluding carboxylic acids is 2. The van der Waals surface area contributed by atoms with Gasteiger partial charge in [0, 0.05) is 31.9 Å². The molecule has 1 aliphatic rings. The average molecular weight is 464 g/mol. The van der Waals surface area contributed by atoms with Crippen molar-refractivity contribution in [2.45, 2.75) is 13.0 Å². The number of benzene rings is 2. The van der Waals surface area contributed by atoms with Gasteiger partial charge in [0.05, 0.1) is 30.9 Å². The van der Waals surface area contributed by atoms with Gasteiger partial charge < -0.3 is 15.1 Å². The number of amides is 2. The van der Waals surface area contributed by atoms with E-state index in [1.165, 1.54) is 33.8 Å². The van der Waals surface area contributed by atoms with Gasteiger partial charge in [-0.3, -0.25) is 14.4 Å². The molecule has 9 heteroatoms.